The molecule has 6 rings (SSSR count). The third-order valence-corrected chi connectivity index (χ3v) is 8.18. The monoisotopic (exact) mass is 650 g/mol. The first-order chi connectivity index (χ1) is 23.1. The van der Waals surface area contributed by atoms with Crippen molar-refractivity contribution >= 4 is 57.4 Å². The number of hydrogen-bond donors (Lipinski definition) is 4. The average Bonchev–Trinajstić information content (AvgIpc) is 3.82. The van der Waals surface area contributed by atoms with Gasteiger partial charge in [0.05, 0.1) is 33.6 Å². The van der Waals surface area contributed by atoms with Gasteiger partial charge in [-0.3, -0.25) is 34.4 Å². The molecule has 0 radical (unpaired) electrons. The number of aryl methyl sites for hydroxylation is 6. The van der Waals surface area contributed by atoms with E-state index in [1.807, 2.05) is 49.0 Å². The van der Waals surface area contributed by atoms with Crippen LogP contribution in [0.15, 0.2) is 48.5 Å². The molecule has 0 saturated heterocycles. The molecule has 3 amide bonds. The lowest BCUT2D eigenvalue weighted by molar-refractivity contribution is 0.0995. The van der Waals surface area contributed by atoms with E-state index in [1.165, 1.54) is 0 Å². The van der Waals surface area contributed by atoms with Crippen molar-refractivity contribution in [3.8, 4) is 0 Å². The molecule has 0 fully saturated rings. The molecule has 4 heterocycles. The summed E-state index contributed by atoms with van der Waals surface area (Å²) in [6.45, 7) is 9.63. The lowest BCUT2D eigenvalue weighted by Gasteiger charge is -2.13. The van der Waals surface area contributed by atoms with Gasteiger partial charge in [-0.05, 0) is 83.0 Å². The van der Waals surface area contributed by atoms with Crippen molar-refractivity contribution in [2.24, 2.45) is 5.73 Å². The third-order valence-electron chi connectivity index (χ3n) is 8.18. The minimum atomic E-state index is -0.565. The zero-order chi connectivity index (χ0) is 34.1. The summed E-state index contributed by atoms with van der Waals surface area (Å²) in [5.74, 6) is -0.490. The molecule has 4 aromatic heterocycles. The number of unbranched alkanes of at least 4 members (excludes halogenated alkanes) is 1. The maximum absolute atomic E-state index is 13.4. The van der Waals surface area contributed by atoms with Gasteiger partial charge < -0.3 is 20.6 Å². The largest absolute Gasteiger partial charge is 0.397 e. The Bertz CT molecular complexity index is 2180. The Hall–Kier alpha value is -5.99. The van der Waals surface area contributed by atoms with Crippen molar-refractivity contribution in [3.63, 3.8) is 0 Å². The van der Waals surface area contributed by atoms with E-state index in [1.54, 1.807) is 45.8 Å². The van der Waals surface area contributed by atoms with Crippen LogP contribution in [0.1, 0.15) is 69.4 Å². The molecule has 0 aliphatic carbocycles. The number of nitrogens with two attached hydrogens (primary N) is 2. The first kappa shape index (κ1) is 32.0. The molecule has 0 aliphatic rings. The van der Waals surface area contributed by atoms with Crippen molar-refractivity contribution in [3.05, 3.63) is 76.9 Å². The number of anilines is 3. The van der Waals surface area contributed by atoms with Gasteiger partial charge in [-0.25, -0.2) is 9.97 Å². The quantitative estimate of drug-likeness (QED) is 0.112. The molecule has 0 saturated carbocycles. The minimum Gasteiger partial charge on any atom is -0.397 e. The van der Waals surface area contributed by atoms with E-state index in [-0.39, 0.29) is 11.8 Å². The van der Waals surface area contributed by atoms with E-state index in [9.17, 15) is 14.4 Å². The summed E-state index contributed by atoms with van der Waals surface area (Å²) in [7, 11) is 0. The van der Waals surface area contributed by atoms with Crippen molar-refractivity contribution in [2.75, 3.05) is 16.4 Å². The second kappa shape index (κ2) is 13.0. The maximum atomic E-state index is 13.4. The number of imidazole rings is 2. The highest BCUT2D eigenvalue weighted by Gasteiger charge is 2.21. The molecule has 0 bridgehead atoms. The molecule has 6 aromatic rings. The van der Waals surface area contributed by atoms with Gasteiger partial charge >= 0.3 is 0 Å². The van der Waals surface area contributed by atoms with Gasteiger partial charge in [0.25, 0.3) is 11.8 Å². The second-order valence-corrected chi connectivity index (χ2v) is 11.5. The van der Waals surface area contributed by atoms with Gasteiger partial charge in [0.15, 0.2) is 0 Å². The summed E-state index contributed by atoms with van der Waals surface area (Å²) in [6, 6.07) is 14.1. The number of hydrogen-bond acceptors (Lipinski definition) is 8. The number of carbonyl (C=O) groups is 3. The number of nitrogens with one attached hydrogen (secondary N) is 2. The number of fused-ring (bicyclic) bond motifs is 2. The van der Waals surface area contributed by atoms with Crippen LogP contribution in [0.25, 0.3) is 22.1 Å². The van der Waals surface area contributed by atoms with Gasteiger partial charge in [0.2, 0.25) is 17.8 Å². The number of aromatic nitrogens is 8. The van der Waals surface area contributed by atoms with Crippen molar-refractivity contribution in [2.45, 2.75) is 66.7 Å². The Kier molecular flexibility index (Phi) is 8.67. The fourth-order valence-electron chi connectivity index (χ4n) is 5.90. The third kappa shape index (κ3) is 6.09. The highest BCUT2D eigenvalue weighted by molar-refractivity contribution is 6.04. The molecule has 15 heteroatoms. The Balaban J connectivity index is 1.25. The van der Waals surface area contributed by atoms with Crippen LogP contribution in [0, 0.1) is 13.8 Å². The van der Waals surface area contributed by atoms with E-state index in [0.717, 1.165) is 22.4 Å². The van der Waals surface area contributed by atoms with E-state index in [2.05, 4.69) is 25.8 Å². The van der Waals surface area contributed by atoms with Crippen molar-refractivity contribution in [1.29, 1.82) is 0 Å². The highest BCUT2D eigenvalue weighted by Crippen LogP contribution is 2.27. The lowest BCUT2D eigenvalue weighted by Crippen LogP contribution is -2.20. The summed E-state index contributed by atoms with van der Waals surface area (Å²) in [5.41, 5.74) is 17.6. The van der Waals surface area contributed by atoms with Gasteiger partial charge in [0, 0.05) is 31.7 Å². The fourth-order valence-corrected chi connectivity index (χ4v) is 5.90. The van der Waals surface area contributed by atoms with Crippen LogP contribution in [-0.2, 0) is 26.2 Å². The number of rotatable bonds is 12. The molecule has 248 valence electrons. The van der Waals surface area contributed by atoms with Crippen LogP contribution in [0.3, 0.4) is 0 Å². The molecular weight excluding hydrogens is 612 g/mol. The van der Waals surface area contributed by atoms with Gasteiger partial charge in [-0.1, -0.05) is 6.07 Å². The summed E-state index contributed by atoms with van der Waals surface area (Å²) in [5, 5.41) is 14.7. The molecule has 48 heavy (non-hydrogen) atoms. The number of benzene rings is 2. The Labute approximate surface area is 275 Å². The summed E-state index contributed by atoms with van der Waals surface area (Å²) in [4.78, 5) is 47.9. The normalized spacial score (nSPS) is 11.4. The van der Waals surface area contributed by atoms with E-state index < -0.39 is 5.91 Å². The fraction of sp³-hybridized carbons (Fsp3) is 0.303. The van der Waals surface area contributed by atoms with E-state index in [0.29, 0.717) is 84.6 Å². The van der Waals surface area contributed by atoms with Crippen LogP contribution in [0.4, 0.5) is 17.6 Å². The number of para-hydroxylation sites is 1. The zero-order valence-corrected chi connectivity index (χ0v) is 27.3. The van der Waals surface area contributed by atoms with Crippen molar-refractivity contribution < 1.29 is 14.4 Å². The summed E-state index contributed by atoms with van der Waals surface area (Å²) in [6.07, 6.45) is 1.36. The predicted molar refractivity (Wildman–Crippen MR) is 183 cm³/mol. The van der Waals surface area contributed by atoms with E-state index in [4.69, 9.17) is 16.5 Å². The van der Waals surface area contributed by atoms with Gasteiger partial charge in [-0.15, -0.1) is 0 Å². The topological polar surface area (TPSA) is 199 Å². The molecule has 0 atom stereocenters. The zero-order valence-electron chi connectivity index (χ0n) is 27.3. The molecule has 0 spiro atoms. The van der Waals surface area contributed by atoms with Gasteiger partial charge in [0.1, 0.15) is 16.9 Å². The smallest absolute Gasteiger partial charge is 0.276 e. The van der Waals surface area contributed by atoms with Crippen LogP contribution in [-0.4, -0.2) is 56.4 Å². The van der Waals surface area contributed by atoms with Gasteiger partial charge in [-0.2, -0.15) is 10.2 Å². The SMILES string of the molecule is CCn1nc(C)cc1C(=O)Nc1nc2cc(C(N)=O)ccc2n1CCCCn1c(NC(=O)c2cc(C)nn2CC)nc2c(N)cccc21. The number of nitrogen functional groups attached to an aromatic ring is 1. The maximum Gasteiger partial charge on any atom is 0.276 e. The minimum absolute atomic E-state index is 0.312. The lowest BCUT2D eigenvalue weighted by atomic mass is 10.2. The number of nitrogens with zero attached hydrogens (tertiary/aromatic N) is 8. The number of primary amides is 1. The van der Waals surface area contributed by atoms with Crippen molar-refractivity contribution in [1.82, 2.24) is 38.7 Å². The Morgan fingerprint density at radius 1 is 0.750 bits per heavy atom. The van der Waals surface area contributed by atoms with Crippen LogP contribution in [0.2, 0.25) is 0 Å². The standard InChI is InChI=1S/C33H38N12O3/c1-5-44-26(16-19(3)40-44)30(47)38-32-36-23-18-21(29(35)46)12-13-24(23)42(32)14-7-8-15-43-25-11-9-10-22(34)28(25)37-33(43)39-31(48)27-17-20(4)41-45(27)6-2/h9-13,16-18H,5-8,14-15,34H2,1-4H3,(H2,35,46)(H,36,38,47)(H,37,39,48). The highest BCUT2D eigenvalue weighted by atomic mass is 16.2. The molecule has 0 unspecified atom stereocenters. The molecule has 15 nitrogen and oxygen atoms in total. The average molecular weight is 651 g/mol. The molecule has 2 aromatic carbocycles. The molecule has 6 N–H and O–H groups in total. The second-order valence-electron chi connectivity index (χ2n) is 11.5. The first-order valence-corrected chi connectivity index (χ1v) is 15.8. The van der Waals surface area contributed by atoms with Crippen LogP contribution in [0.5, 0.6) is 0 Å². The van der Waals surface area contributed by atoms with Crippen LogP contribution >= 0.6 is 0 Å². The Morgan fingerprint density at radius 3 is 1.88 bits per heavy atom. The van der Waals surface area contributed by atoms with E-state index >= 15 is 0 Å². The van der Waals surface area contributed by atoms with Crippen LogP contribution < -0.4 is 22.1 Å². The number of amides is 3. The Morgan fingerprint density at radius 2 is 1.31 bits per heavy atom. The number of carbonyl (C=O) groups excluding carboxylic acids is 3. The molecule has 0 aliphatic heterocycles. The predicted octanol–water partition coefficient (Wildman–Crippen LogP) is 4.10. The summed E-state index contributed by atoms with van der Waals surface area (Å²) >= 11 is 0. The summed E-state index contributed by atoms with van der Waals surface area (Å²) < 4.78 is 7.16. The molecular formula is C33H38N12O3. The first-order valence-electron chi connectivity index (χ1n) is 15.8.